The highest BCUT2D eigenvalue weighted by Crippen LogP contribution is 2.19. The van der Waals surface area contributed by atoms with E-state index in [1.165, 1.54) is 6.42 Å². The quantitative estimate of drug-likeness (QED) is 0.591. The number of nitro groups is 1. The topological polar surface area (TPSA) is 110 Å². The van der Waals surface area contributed by atoms with Crippen LogP contribution < -0.4 is 11.2 Å². The summed E-state index contributed by atoms with van der Waals surface area (Å²) in [5.74, 6) is 0.180. The fourth-order valence-corrected chi connectivity index (χ4v) is 1.73. The van der Waals surface area contributed by atoms with Crippen molar-refractivity contribution in [2.75, 3.05) is 24.2 Å². The summed E-state index contributed by atoms with van der Waals surface area (Å²) in [4.78, 5) is 17.7. The first kappa shape index (κ1) is 11.5. The molecule has 92 valence electrons. The van der Waals surface area contributed by atoms with Gasteiger partial charge in [0.15, 0.2) is 0 Å². The largest absolute Gasteiger partial charge is 0.378 e. The van der Waals surface area contributed by atoms with E-state index in [0.717, 1.165) is 32.1 Å². The standard InChI is InChI=1S/C9H14N6O2/c10-8-7(15(16)17)6-11-9(12-8)13-14-4-2-1-3-5-14/h6H,1-5H2,(H3,10,11,12,13). The number of hydrogen-bond donors (Lipinski definition) is 2. The maximum atomic E-state index is 10.5. The normalized spacial score (nSPS) is 16.7. The highest BCUT2D eigenvalue weighted by atomic mass is 16.6. The van der Waals surface area contributed by atoms with Gasteiger partial charge in [-0.05, 0) is 12.8 Å². The van der Waals surface area contributed by atoms with E-state index in [4.69, 9.17) is 5.73 Å². The molecule has 1 saturated heterocycles. The molecule has 0 aliphatic carbocycles. The number of anilines is 2. The molecule has 2 rings (SSSR count). The van der Waals surface area contributed by atoms with Crippen LogP contribution in [0.25, 0.3) is 0 Å². The number of hydrazine groups is 1. The summed E-state index contributed by atoms with van der Waals surface area (Å²) in [6.45, 7) is 1.83. The van der Waals surface area contributed by atoms with Gasteiger partial charge in [0.1, 0.15) is 6.20 Å². The zero-order valence-electron chi connectivity index (χ0n) is 9.30. The van der Waals surface area contributed by atoms with Crippen molar-refractivity contribution >= 4 is 17.5 Å². The van der Waals surface area contributed by atoms with Crippen LogP contribution in [-0.4, -0.2) is 33.0 Å². The van der Waals surface area contributed by atoms with E-state index in [-0.39, 0.29) is 11.5 Å². The van der Waals surface area contributed by atoms with Crippen molar-refractivity contribution in [2.24, 2.45) is 0 Å². The summed E-state index contributed by atoms with van der Waals surface area (Å²) >= 11 is 0. The Balaban J connectivity index is 2.06. The summed E-state index contributed by atoms with van der Waals surface area (Å²) in [6.07, 6.45) is 4.58. The lowest BCUT2D eigenvalue weighted by molar-refractivity contribution is -0.384. The average Bonchev–Trinajstić information content (AvgIpc) is 2.30. The van der Waals surface area contributed by atoms with Crippen molar-refractivity contribution in [3.05, 3.63) is 16.3 Å². The second kappa shape index (κ2) is 4.91. The first-order valence-corrected chi connectivity index (χ1v) is 5.45. The molecule has 2 heterocycles. The molecule has 1 fully saturated rings. The van der Waals surface area contributed by atoms with Crippen LogP contribution in [0.1, 0.15) is 19.3 Å². The van der Waals surface area contributed by atoms with Crippen molar-refractivity contribution in [3.8, 4) is 0 Å². The van der Waals surface area contributed by atoms with Crippen LogP contribution in [0.4, 0.5) is 17.5 Å². The number of hydrogen-bond acceptors (Lipinski definition) is 7. The highest BCUT2D eigenvalue weighted by Gasteiger charge is 2.16. The van der Waals surface area contributed by atoms with Crippen LogP contribution >= 0.6 is 0 Å². The molecule has 1 aliphatic rings. The molecule has 17 heavy (non-hydrogen) atoms. The molecular formula is C9H14N6O2. The number of nitrogens with zero attached hydrogens (tertiary/aromatic N) is 4. The second-order valence-corrected chi connectivity index (χ2v) is 3.88. The van der Waals surface area contributed by atoms with E-state index >= 15 is 0 Å². The number of nitrogens with one attached hydrogen (secondary N) is 1. The number of piperidine rings is 1. The first-order valence-electron chi connectivity index (χ1n) is 5.45. The highest BCUT2D eigenvalue weighted by molar-refractivity contribution is 5.52. The van der Waals surface area contributed by atoms with Crippen molar-refractivity contribution < 1.29 is 4.92 Å². The minimum atomic E-state index is -0.597. The molecule has 1 aromatic heterocycles. The Hall–Kier alpha value is -1.96. The molecule has 1 aliphatic heterocycles. The molecule has 1 aromatic rings. The SMILES string of the molecule is Nc1nc(NN2CCCCC2)ncc1[N+](=O)[O-]. The van der Waals surface area contributed by atoms with Crippen molar-refractivity contribution in [1.82, 2.24) is 15.0 Å². The summed E-state index contributed by atoms with van der Waals surface area (Å²) in [7, 11) is 0. The number of aromatic nitrogens is 2. The zero-order valence-corrected chi connectivity index (χ0v) is 9.30. The minimum absolute atomic E-state index is 0.121. The Kier molecular flexibility index (Phi) is 3.33. The van der Waals surface area contributed by atoms with Crippen LogP contribution in [0, 0.1) is 10.1 Å². The number of rotatable bonds is 3. The van der Waals surface area contributed by atoms with Gasteiger partial charge in [-0.15, -0.1) is 0 Å². The predicted octanol–water partition coefficient (Wildman–Crippen LogP) is 0.780. The van der Waals surface area contributed by atoms with Crippen molar-refractivity contribution in [1.29, 1.82) is 0 Å². The third-order valence-electron chi connectivity index (χ3n) is 2.61. The van der Waals surface area contributed by atoms with E-state index in [0.29, 0.717) is 5.95 Å². The zero-order chi connectivity index (χ0) is 12.3. The minimum Gasteiger partial charge on any atom is -0.378 e. The van der Waals surface area contributed by atoms with E-state index in [1.807, 2.05) is 5.01 Å². The molecular weight excluding hydrogens is 224 g/mol. The summed E-state index contributed by atoms with van der Waals surface area (Å²) in [5, 5.41) is 12.5. The van der Waals surface area contributed by atoms with Crippen LogP contribution in [0.2, 0.25) is 0 Å². The van der Waals surface area contributed by atoms with Gasteiger partial charge in [0.2, 0.25) is 11.8 Å². The monoisotopic (exact) mass is 238 g/mol. The van der Waals surface area contributed by atoms with E-state index in [9.17, 15) is 10.1 Å². The molecule has 0 saturated carbocycles. The number of nitrogen functional groups attached to an aromatic ring is 1. The summed E-state index contributed by atoms with van der Waals surface area (Å²) in [6, 6.07) is 0. The first-order chi connectivity index (χ1) is 8.16. The fourth-order valence-electron chi connectivity index (χ4n) is 1.73. The summed E-state index contributed by atoms with van der Waals surface area (Å²) in [5.41, 5.74) is 8.20. The van der Waals surface area contributed by atoms with Gasteiger partial charge < -0.3 is 5.73 Å². The lowest BCUT2D eigenvalue weighted by atomic mass is 10.2. The van der Waals surface area contributed by atoms with Gasteiger partial charge in [-0.25, -0.2) is 9.99 Å². The van der Waals surface area contributed by atoms with Crippen molar-refractivity contribution in [2.45, 2.75) is 19.3 Å². The van der Waals surface area contributed by atoms with Gasteiger partial charge >= 0.3 is 5.69 Å². The molecule has 8 heteroatoms. The Morgan fingerprint density at radius 2 is 2.12 bits per heavy atom. The van der Waals surface area contributed by atoms with E-state index < -0.39 is 4.92 Å². The van der Waals surface area contributed by atoms with E-state index in [2.05, 4.69) is 15.4 Å². The lowest BCUT2D eigenvalue weighted by Crippen LogP contribution is -2.35. The molecule has 0 amide bonds. The third kappa shape index (κ3) is 2.78. The molecule has 0 unspecified atom stereocenters. The summed E-state index contributed by atoms with van der Waals surface area (Å²) < 4.78 is 0. The van der Waals surface area contributed by atoms with Gasteiger partial charge in [-0.1, -0.05) is 6.42 Å². The van der Waals surface area contributed by atoms with Crippen LogP contribution in [0.15, 0.2) is 6.20 Å². The molecule has 0 radical (unpaired) electrons. The Labute approximate surface area is 98.0 Å². The molecule has 0 spiro atoms. The molecule has 0 aromatic carbocycles. The van der Waals surface area contributed by atoms with Crippen LogP contribution in [0.3, 0.4) is 0 Å². The molecule has 0 atom stereocenters. The van der Waals surface area contributed by atoms with Gasteiger partial charge in [-0.2, -0.15) is 4.98 Å². The molecule has 3 N–H and O–H groups in total. The van der Waals surface area contributed by atoms with Gasteiger partial charge in [0, 0.05) is 13.1 Å². The number of nitrogens with two attached hydrogens (primary N) is 1. The fraction of sp³-hybridized carbons (Fsp3) is 0.556. The Morgan fingerprint density at radius 3 is 2.71 bits per heavy atom. The second-order valence-electron chi connectivity index (χ2n) is 3.88. The Bertz CT molecular complexity index is 418. The average molecular weight is 238 g/mol. The van der Waals surface area contributed by atoms with Gasteiger partial charge in [-0.3, -0.25) is 15.5 Å². The third-order valence-corrected chi connectivity index (χ3v) is 2.61. The molecule has 0 bridgehead atoms. The Morgan fingerprint density at radius 1 is 1.41 bits per heavy atom. The van der Waals surface area contributed by atoms with E-state index in [1.54, 1.807) is 0 Å². The lowest BCUT2D eigenvalue weighted by Gasteiger charge is -2.26. The molecule has 8 nitrogen and oxygen atoms in total. The van der Waals surface area contributed by atoms with Gasteiger partial charge in [0.25, 0.3) is 0 Å². The smallest absolute Gasteiger partial charge is 0.329 e. The van der Waals surface area contributed by atoms with Crippen LogP contribution in [0.5, 0.6) is 0 Å². The maximum Gasteiger partial charge on any atom is 0.329 e. The maximum absolute atomic E-state index is 10.5. The van der Waals surface area contributed by atoms with Gasteiger partial charge in [0.05, 0.1) is 4.92 Å². The predicted molar refractivity (Wildman–Crippen MR) is 62.1 cm³/mol. The van der Waals surface area contributed by atoms with Crippen LogP contribution in [-0.2, 0) is 0 Å². The van der Waals surface area contributed by atoms with Crippen molar-refractivity contribution in [3.63, 3.8) is 0 Å².